The highest BCUT2D eigenvalue weighted by Gasteiger charge is 2.30. The van der Waals surface area contributed by atoms with Crippen molar-refractivity contribution in [3.05, 3.63) is 35.4 Å². The Morgan fingerprint density at radius 1 is 1.05 bits per heavy atom. The van der Waals surface area contributed by atoms with E-state index in [0.717, 1.165) is 19.0 Å². The van der Waals surface area contributed by atoms with Crippen LogP contribution < -0.4 is 5.32 Å². The molecule has 0 unspecified atom stereocenters. The van der Waals surface area contributed by atoms with Crippen molar-refractivity contribution in [3.63, 3.8) is 0 Å². The maximum absolute atomic E-state index is 12.5. The second-order valence-electron chi connectivity index (χ2n) is 4.79. The number of nitrogens with one attached hydrogen (secondary N) is 1. The zero-order valence-corrected chi connectivity index (χ0v) is 11.4. The number of alkyl halides is 3. The van der Waals surface area contributed by atoms with E-state index >= 15 is 0 Å². The Kier molecular flexibility index (Phi) is 6.92. The predicted molar refractivity (Wildman–Crippen MR) is 71.9 cm³/mol. The topological polar surface area (TPSA) is 12.0 Å². The maximum Gasteiger partial charge on any atom is 0.416 e. The lowest BCUT2D eigenvalue weighted by molar-refractivity contribution is -0.137. The van der Waals surface area contributed by atoms with E-state index in [1.807, 2.05) is 0 Å². The molecule has 1 nitrogen and oxygen atoms in total. The molecule has 0 saturated carbocycles. The fourth-order valence-electron chi connectivity index (χ4n) is 1.94. The summed E-state index contributed by atoms with van der Waals surface area (Å²) in [5.74, 6) is 0. The minimum absolute atomic E-state index is 0.498. The fourth-order valence-corrected chi connectivity index (χ4v) is 1.94. The van der Waals surface area contributed by atoms with Crippen molar-refractivity contribution in [1.29, 1.82) is 0 Å². The molecule has 19 heavy (non-hydrogen) atoms. The number of unbranched alkanes of at least 4 members (excludes halogenated alkanes) is 4. The van der Waals surface area contributed by atoms with Gasteiger partial charge in [0.1, 0.15) is 0 Å². The quantitative estimate of drug-likeness (QED) is 0.673. The first-order valence-corrected chi connectivity index (χ1v) is 6.91. The molecule has 1 aromatic carbocycles. The minimum Gasteiger partial charge on any atom is -0.313 e. The lowest BCUT2D eigenvalue weighted by Crippen LogP contribution is -2.15. The Morgan fingerprint density at radius 2 is 1.79 bits per heavy atom. The molecule has 1 aromatic rings. The van der Waals surface area contributed by atoms with Crippen LogP contribution in [0, 0.1) is 0 Å². The zero-order chi connectivity index (χ0) is 14.1. The van der Waals surface area contributed by atoms with Gasteiger partial charge in [0.15, 0.2) is 0 Å². The van der Waals surface area contributed by atoms with Crippen LogP contribution in [-0.4, -0.2) is 6.54 Å². The summed E-state index contributed by atoms with van der Waals surface area (Å²) in [6.45, 7) is 3.53. The van der Waals surface area contributed by atoms with Crippen molar-refractivity contribution < 1.29 is 13.2 Å². The molecule has 0 bridgehead atoms. The molecule has 108 valence electrons. The summed E-state index contributed by atoms with van der Waals surface area (Å²) < 4.78 is 37.5. The Morgan fingerprint density at radius 3 is 2.47 bits per heavy atom. The monoisotopic (exact) mass is 273 g/mol. The first kappa shape index (κ1) is 16.0. The molecular formula is C15H22F3N. The smallest absolute Gasteiger partial charge is 0.313 e. The number of benzene rings is 1. The SMILES string of the molecule is CCCCCCCNCc1cccc(C(F)(F)F)c1. The van der Waals surface area contributed by atoms with Gasteiger partial charge in [-0.05, 0) is 24.6 Å². The average molecular weight is 273 g/mol. The van der Waals surface area contributed by atoms with Gasteiger partial charge < -0.3 is 5.32 Å². The van der Waals surface area contributed by atoms with E-state index in [1.54, 1.807) is 6.07 Å². The molecule has 0 aliphatic carbocycles. The maximum atomic E-state index is 12.5. The summed E-state index contributed by atoms with van der Waals surface area (Å²) in [5, 5.41) is 3.19. The largest absolute Gasteiger partial charge is 0.416 e. The standard InChI is InChI=1S/C15H22F3N/c1-2-3-4-5-6-10-19-12-13-8-7-9-14(11-13)15(16,17)18/h7-9,11,19H,2-6,10,12H2,1H3. The van der Waals surface area contributed by atoms with Crippen LogP contribution in [0.1, 0.15) is 50.2 Å². The molecule has 0 radical (unpaired) electrons. The summed E-state index contributed by atoms with van der Waals surface area (Å²) in [6.07, 6.45) is 1.73. The molecule has 0 saturated heterocycles. The summed E-state index contributed by atoms with van der Waals surface area (Å²) in [7, 11) is 0. The van der Waals surface area contributed by atoms with Crippen molar-refractivity contribution >= 4 is 0 Å². The first-order chi connectivity index (χ1) is 9.04. The Labute approximate surface area is 113 Å². The molecule has 0 aromatic heterocycles. The van der Waals surface area contributed by atoms with Gasteiger partial charge in [-0.15, -0.1) is 0 Å². The van der Waals surface area contributed by atoms with Gasteiger partial charge in [-0.2, -0.15) is 13.2 Å². The Bertz CT molecular complexity index is 361. The van der Waals surface area contributed by atoms with Crippen molar-refractivity contribution in [2.75, 3.05) is 6.54 Å². The minimum atomic E-state index is -4.25. The van der Waals surface area contributed by atoms with Gasteiger partial charge in [-0.3, -0.25) is 0 Å². The molecule has 0 atom stereocenters. The highest BCUT2D eigenvalue weighted by molar-refractivity contribution is 5.25. The second kappa shape index (κ2) is 8.20. The van der Waals surface area contributed by atoms with E-state index in [1.165, 1.54) is 37.8 Å². The number of halogens is 3. The van der Waals surface area contributed by atoms with E-state index in [9.17, 15) is 13.2 Å². The molecule has 0 fully saturated rings. The predicted octanol–water partition coefficient (Wildman–Crippen LogP) is 4.77. The fraction of sp³-hybridized carbons (Fsp3) is 0.600. The summed E-state index contributed by atoms with van der Waals surface area (Å²) in [6, 6.07) is 5.50. The van der Waals surface area contributed by atoms with Gasteiger partial charge in [0.2, 0.25) is 0 Å². The van der Waals surface area contributed by atoms with E-state index < -0.39 is 11.7 Å². The van der Waals surface area contributed by atoms with Gasteiger partial charge in [0.05, 0.1) is 5.56 Å². The lowest BCUT2D eigenvalue weighted by atomic mass is 10.1. The van der Waals surface area contributed by atoms with E-state index in [-0.39, 0.29) is 0 Å². The zero-order valence-electron chi connectivity index (χ0n) is 11.4. The van der Waals surface area contributed by atoms with Crippen molar-refractivity contribution in [2.24, 2.45) is 0 Å². The van der Waals surface area contributed by atoms with Crippen molar-refractivity contribution in [2.45, 2.75) is 51.7 Å². The molecule has 1 N–H and O–H groups in total. The molecule has 0 spiro atoms. The van der Waals surface area contributed by atoms with E-state index in [0.29, 0.717) is 12.1 Å². The van der Waals surface area contributed by atoms with Crippen molar-refractivity contribution in [1.82, 2.24) is 5.32 Å². The van der Waals surface area contributed by atoms with Crippen LogP contribution in [0.5, 0.6) is 0 Å². The highest BCUT2D eigenvalue weighted by atomic mass is 19.4. The third-order valence-corrected chi connectivity index (χ3v) is 3.04. The van der Waals surface area contributed by atoms with E-state index in [2.05, 4.69) is 12.2 Å². The first-order valence-electron chi connectivity index (χ1n) is 6.91. The third-order valence-electron chi connectivity index (χ3n) is 3.04. The van der Waals surface area contributed by atoms with Crippen LogP contribution in [0.2, 0.25) is 0 Å². The van der Waals surface area contributed by atoms with Gasteiger partial charge in [-0.25, -0.2) is 0 Å². The third kappa shape index (κ3) is 6.62. The van der Waals surface area contributed by atoms with Gasteiger partial charge in [-0.1, -0.05) is 50.8 Å². The van der Waals surface area contributed by atoms with E-state index in [4.69, 9.17) is 0 Å². The molecular weight excluding hydrogens is 251 g/mol. The molecule has 0 aliphatic rings. The van der Waals surface area contributed by atoms with Crippen LogP contribution in [0.3, 0.4) is 0 Å². The summed E-state index contributed by atoms with van der Waals surface area (Å²) in [4.78, 5) is 0. The average Bonchev–Trinajstić information content (AvgIpc) is 2.37. The molecule has 0 amide bonds. The molecule has 0 aliphatic heterocycles. The number of hydrogen-bond donors (Lipinski definition) is 1. The molecule has 1 rings (SSSR count). The normalized spacial score (nSPS) is 11.8. The van der Waals surface area contributed by atoms with Gasteiger partial charge in [0.25, 0.3) is 0 Å². The second-order valence-corrected chi connectivity index (χ2v) is 4.79. The van der Waals surface area contributed by atoms with Gasteiger partial charge in [0, 0.05) is 6.54 Å². The summed E-state index contributed by atoms with van der Waals surface area (Å²) in [5.41, 5.74) is 0.109. The van der Waals surface area contributed by atoms with Crippen molar-refractivity contribution in [3.8, 4) is 0 Å². The van der Waals surface area contributed by atoms with Crippen LogP contribution in [-0.2, 0) is 12.7 Å². The van der Waals surface area contributed by atoms with Crippen LogP contribution in [0.15, 0.2) is 24.3 Å². The van der Waals surface area contributed by atoms with Gasteiger partial charge >= 0.3 is 6.18 Å². The molecule has 4 heteroatoms. The van der Waals surface area contributed by atoms with Crippen LogP contribution in [0.4, 0.5) is 13.2 Å². The Balaban J connectivity index is 2.26. The molecule has 0 heterocycles. The Hall–Kier alpha value is -1.03. The summed E-state index contributed by atoms with van der Waals surface area (Å²) >= 11 is 0. The number of rotatable bonds is 8. The van der Waals surface area contributed by atoms with Crippen LogP contribution in [0.25, 0.3) is 0 Å². The lowest BCUT2D eigenvalue weighted by Gasteiger charge is -2.09. The number of hydrogen-bond acceptors (Lipinski definition) is 1. The highest BCUT2D eigenvalue weighted by Crippen LogP contribution is 2.29. The van der Waals surface area contributed by atoms with Crippen LogP contribution >= 0.6 is 0 Å².